The molecular weight excluding hydrogens is 525 g/mol. The summed E-state index contributed by atoms with van der Waals surface area (Å²) in [5.74, 6) is 0.226. The molecule has 0 aromatic heterocycles. The van der Waals surface area contributed by atoms with Gasteiger partial charge in [-0.2, -0.15) is 0 Å². The van der Waals surface area contributed by atoms with E-state index in [0.717, 1.165) is 10.5 Å². The van der Waals surface area contributed by atoms with E-state index in [1.54, 1.807) is 42.7 Å². The molecule has 0 saturated carbocycles. The quantitative estimate of drug-likeness (QED) is 0.0794. The highest BCUT2D eigenvalue weighted by molar-refractivity contribution is 6.37. The third kappa shape index (κ3) is 18.8. The minimum Gasteiger partial charge on any atom is -0.422 e. The Hall–Kier alpha value is 0.588. The van der Waals surface area contributed by atoms with Crippen LogP contribution in [0, 0.1) is 0 Å². The van der Waals surface area contributed by atoms with E-state index in [1.165, 1.54) is 95.2 Å². The largest absolute Gasteiger partial charge is 0.422 e. The molecule has 0 aliphatic heterocycles. The van der Waals surface area contributed by atoms with Crippen LogP contribution in [0.15, 0.2) is 0 Å². The topological polar surface area (TPSA) is 64.6 Å². The van der Waals surface area contributed by atoms with Gasteiger partial charge in [0.1, 0.15) is 28.2 Å². The van der Waals surface area contributed by atoms with E-state index in [0.29, 0.717) is 0 Å². The summed E-state index contributed by atoms with van der Waals surface area (Å²) < 4.78 is 38.7. The third-order valence-corrected chi connectivity index (χ3v) is 14.5. The van der Waals surface area contributed by atoms with E-state index in [2.05, 4.69) is 0 Å². The average Bonchev–Trinajstić information content (AvgIpc) is 2.91. The lowest BCUT2D eigenvalue weighted by atomic mass is 9.85. The molecule has 7 nitrogen and oxygen atoms in total. The summed E-state index contributed by atoms with van der Waals surface area (Å²) in [6.45, 7) is 0. The Bertz CT molecular complexity index is 394. The van der Waals surface area contributed by atoms with Gasteiger partial charge in [-0.05, 0) is 19.3 Å². The standard InChI is InChI=1S/C25H60O7Si4/c1-26-22(27-2)34-19-13-7-10-16-25(32-33,17-11-8-14-20-35-23(28-3)29-4)18-12-9-15-21-36-24(30-5)31-6/h22-24H,7-21,34-36H2,1-6,33H3. The molecule has 0 amide bonds. The van der Waals surface area contributed by atoms with Gasteiger partial charge >= 0.3 is 0 Å². The lowest BCUT2D eigenvalue weighted by Gasteiger charge is -2.34. The van der Waals surface area contributed by atoms with Crippen LogP contribution >= 0.6 is 0 Å². The van der Waals surface area contributed by atoms with Crippen LogP contribution in [0.1, 0.15) is 77.0 Å². The highest BCUT2D eigenvalue weighted by atomic mass is 28.2. The molecule has 11 heteroatoms. The fourth-order valence-electron chi connectivity index (χ4n) is 5.01. The predicted octanol–water partition coefficient (Wildman–Crippen LogP) is 2.19. The Morgan fingerprint density at radius 2 is 0.750 bits per heavy atom. The van der Waals surface area contributed by atoms with Gasteiger partial charge in [-0.1, -0.05) is 75.9 Å². The monoisotopic (exact) mass is 584 g/mol. The second-order valence-corrected chi connectivity index (χ2v) is 16.2. The summed E-state index contributed by atoms with van der Waals surface area (Å²) >= 11 is 0. The highest BCUT2D eigenvalue weighted by Crippen LogP contribution is 2.32. The molecule has 0 aromatic rings. The number of methoxy groups -OCH3 is 6. The van der Waals surface area contributed by atoms with Gasteiger partial charge in [-0.25, -0.2) is 0 Å². The third-order valence-electron chi connectivity index (χ3n) is 7.48. The van der Waals surface area contributed by atoms with Gasteiger partial charge in [-0.3, -0.25) is 0 Å². The van der Waals surface area contributed by atoms with Crippen LogP contribution in [0.5, 0.6) is 0 Å². The maximum Gasteiger partial charge on any atom is 0.146 e. The predicted molar refractivity (Wildman–Crippen MR) is 163 cm³/mol. The zero-order valence-electron chi connectivity index (χ0n) is 24.8. The summed E-state index contributed by atoms with van der Waals surface area (Å²) in [6.07, 6.45) is 15.2. The molecule has 0 saturated heterocycles. The second kappa shape index (κ2) is 25.8. The molecule has 0 aliphatic carbocycles. The number of unbranched alkanes of at least 4 members (excludes halogenated alkanes) is 6. The Morgan fingerprint density at radius 3 is 0.972 bits per heavy atom. The first-order valence-corrected chi connectivity index (χ1v) is 20.5. The van der Waals surface area contributed by atoms with E-state index in [9.17, 15) is 0 Å². The van der Waals surface area contributed by atoms with Crippen molar-refractivity contribution < 1.29 is 32.8 Å². The van der Waals surface area contributed by atoms with Crippen molar-refractivity contribution in [3.05, 3.63) is 0 Å². The summed E-state index contributed by atoms with van der Waals surface area (Å²) in [5, 5.41) is 0. The molecule has 218 valence electrons. The molecule has 0 atom stereocenters. The molecule has 0 rings (SSSR count). The van der Waals surface area contributed by atoms with E-state index in [4.69, 9.17) is 32.8 Å². The van der Waals surface area contributed by atoms with Crippen LogP contribution < -0.4 is 0 Å². The second-order valence-electron chi connectivity index (χ2n) is 9.95. The molecule has 0 aliphatic rings. The zero-order chi connectivity index (χ0) is 26.9. The fourth-order valence-corrected chi connectivity index (χ4v) is 9.97. The van der Waals surface area contributed by atoms with Crippen molar-refractivity contribution in [1.82, 2.24) is 0 Å². The molecule has 0 unspecified atom stereocenters. The van der Waals surface area contributed by atoms with Gasteiger partial charge < -0.3 is 32.8 Å². The first-order chi connectivity index (χ1) is 17.5. The van der Waals surface area contributed by atoms with E-state index < -0.39 is 0 Å². The number of ether oxygens (including phenoxy) is 6. The van der Waals surface area contributed by atoms with Crippen LogP contribution in [-0.4, -0.2) is 105 Å². The van der Waals surface area contributed by atoms with Crippen molar-refractivity contribution in [2.24, 2.45) is 0 Å². The summed E-state index contributed by atoms with van der Waals surface area (Å²) in [6, 6.07) is 3.88. The zero-order valence-corrected chi connectivity index (χ0v) is 31.1. The summed E-state index contributed by atoms with van der Waals surface area (Å²) in [7, 11) is 10.4. The van der Waals surface area contributed by atoms with Crippen molar-refractivity contribution in [1.29, 1.82) is 0 Å². The number of rotatable bonds is 28. The van der Waals surface area contributed by atoms with Crippen molar-refractivity contribution >= 4 is 39.0 Å². The molecule has 0 spiro atoms. The van der Waals surface area contributed by atoms with Gasteiger partial charge in [0.15, 0.2) is 0 Å². The maximum absolute atomic E-state index is 6.42. The van der Waals surface area contributed by atoms with Gasteiger partial charge in [0.2, 0.25) is 0 Å². The van der Waals surface area contributed by atoms with Crippen molar-refractivity contribution in [3.63, 3.8) is 0 Å². The van der Waals surface area contributed by atoms with E-state index >= 15 is 0 Å². The van der Waals surface area contributed by atoms with E-state index in [1.807, 2.05) is 0 Å². The van der Waals surface area contributed by atoms with E-state index in [-0.39, 0.29) is 51.9 Å². The average molecular weight is 585 g/mol. The number of hydrogen-bond donors (Lipinski definition) is 0. The molecule has 0 aromatic carbocycles. The fraction of sp³-hybridized carbons (Fsp3) is 1.00. The highest BCUT2D eigenvalue weighted by Gasteiger charge is 2.27. The molecule has 0 N–H and O–H groups in total. The lowest BCUT2D eigenvalue weighted by molar-refractivity contribution is -0.0442. The SMILES string of the molecule is COC(OC)[SiH2]CCCCCC(CCCCC[SiH2]C(OC)OC)(CCCCC[SiH2]C(OC)OC)O[SiH3]. The maximum atomic E-state index is 6.42. The van der Waals surface area contributed by atoms with Crippen LogP contribution in [0.25, 0.3) is 0 Å². The first-order valence-electron chi connectivity index (χ1n) is 14.3. The van der Waals surface area contributed by atoms with Crippen molar-refractivity contribution in [3.8, 4) is 0 Å². The molecule has 36 heavy (non-hydrogen) atoms. The van der Waals surface area contributed by atoms with Crippen LogP contribution in [0.3, 0.4) is 0 Å². The lowest BCUT2D eigenvalue weighted by Crippen LogP contribution is -2.32. The van der Waals surface area contributed by atoms with Gasteiger partial charge in [0.05, 0.1) is 34.2 Å². The van der Waals surface area contributed by atoms with Gasteiger partial charge in [0, 0.05) is 42.7 Å². The minimum atomic E-state index is -0.303. The van der Waals surface area contributed by atoms with Crippen molar-refractivity contribution in [2.45, 2.75) is 119 Å². The summed E-state index contributed by atoms with van der Waals surface area (Å²) in [5.41, 5.74) is 0.100. The minimum absolute atomic E-state index is 0.0753. The Kier molecular flexibility index (Phi) is 26.3. The molecular formula is C25H60O7Si4. The molecule has 0 bridgehead atoms. The molecule has 0 fully saturated rings. The first kappa shape index (κ1) is 36.6. The van der Waals surface area contributed by atoms with Crippen LogP contribution in [0.4, 0.5) is 0 Å². The van der Waals surface area contributed by atoms with Crippen molar-refractivity contribution in [2.75, 3.05) is 42.7 Å². The Labute approximate surface area is 232 Å². The summed E-state index contributed by atoms with van der Waals surface area (Å²) in [4.78, 5) is 0. The molecule has 0 radical (unpaired) electrons. The smallest absolute Gasteiger partial charge is 0.146 e. The Balaban J connectivity index is 4.49. The Morgan fingerprint density at radius 1 is 0.472 bits per heavy atom. The number of hydrogen-bond acceptors (Lipinski definition) is 7. The van der Waals surface area contributed by atoms with Crippen LogP contribution in [-0.2, 0) is 32.8 Å². The van der Waals surface area contributed by atoms with Crippen LogP contribution in [0.2, 0.25) is 18.1 Å². The van der Waals surface area contributed by atoms with Gasteiger partial charge in [-0.15, -0.1) is 0 Å². The normalized spacial score (nSPS) is 14.9. The molecule has 0 heterocycles. The van der Waals surface area contributed by atoms with Gasteiger partial charge in [0.25, 0.3) is 0 Å².